The molecule has 0 spiro atoms. The molecule has 1 unspecified atom stereocenters. The van der Waals surface area contributed by atoms with Crippen molar-refractivity contribution in [2.45, 2.75) is 18.9 Å². The Kier molecular flexibility index (Phi) is 3.89. The number of aryl methyl sites for hydroxylation is 1. The van der Waals surface area contributed by atoms with Crippen molar-refractivity contribution in [3.8, 4) is 0 Å². The number of hydrogen-bond donors (Lipinski definition) is 1. The summed E-state index contributed by atoms with van der Waals surface area (Å²) in [6.07, 6.45) is 0.545. The summed E-state index contributed by atoms with van der Waals surface area (Å²) in [5.74, 6) is -0.201. The van der Waals surface area contributed by atoms with Gasteiger partial charge in [0.05, 0.1) is 6.10 Å². The van der Waals surface area contributed by atoms with Gasteiger partial charge in [-0.3, -0.25) is 0 Å². The lowest BCUT2D eigenvalue weighted by Crippen LogP contribution is -2.00. The maximum absolute atomic E-state index is 13.4. The zero-order valence-corrected chi connectivity index (χ0v) is 9.51. The van der Waals surface area contributed by atoms with E-state index in [4.69, 9.17) is 0 Å². The zero-order valence-electron chi connectivity index (χ0n) is 9.51. The first-order valence-corrected chi connectivity index (χ1v) is 5.74. The lowest BCUT2D eigenvalue weighted by Gasteiger charge is -2.11. The standard InChI is InChI=1S/C15H15FO/c16-14-9-5-4-6-12(14)10-11-15(17)13-7-2-1-3-8-13/h1-9,15,17H,10-11H2. The number of halogens is 1. The molecule has 0 aliphatic heterocycles. The Hall–Kier alpha value is -1.67. The van der Waals surface area contributed by atoms with Crippen LogP contribution in [0.15, 0.2) is 54.6 Å². The van der Waals surface area contributed by atoms with Gasteiger partial charge in [0.1, 0.15) is 5.82 Å². The minimum Gasteiger partial charge on any atom is -0.388 e. The van der Waals surface area contributed by atoms with E-state index < -0.39 is 6.10 Å². The van der Waals surface area contributed by atoms with Gasteiger partial charge >= 0.3 is 0 Å². The third-order valence-electron chi connectivity index (χ3n) is 2.83. The maximum Gasteiger partial charge on any atom is 0.126 e. The molecule has 1 nitrogen and oxygen atoms in total. The molecule has 17 heavy (non-hydrogen) atoms. The van der Waals surface area contributed by atoms with Crippen LogP contribution in [0.25, 0.3) is 0 Å². The molecule has 2 aromatic rings. The molecule has 1 N–H and O–H groups in total. The Bertz CT molecular complexity index is 467. The molecule has 0 fully saturated rings. The first-order valence-electron chi connectivity index (χ1n) is 5.74. The molecular formula is C15H15FO. The lowest BCUT2D eigenvalue weighted by molar-refractivity contribution is 0.167. The third-order valence-corrected chi connectivity index (χ3v) is 2.83. The maximum atomic E-state index is 13.4. The molecule has 0 saturated heterocycles. The number of rotatable bonds is 4. The molecule has 0 bridgehead atoms. The predicted molar refractivity (Wildman–Crippen MR) is 66.1 cm³/mol. The molecule has 0 saturated carbocycles. The quantitative estimate of drug-likeness (QED) is 0.852. The minimum atomic E-state index is -0.532. The van der Waals surface area contributed by atoms with Crippen LogP contribution in [0, 0.1) is 5.82 Å². The Morgan fingerprint density at radius 3 is 2.29 bits per heavy atom. The number of aliphatic hydroxyl groups excluding tert-OH is 1. The highest BCUT2D eigenvalue weighted by Gasteiger charge is 2.08. The van der Waals surface area contributed by atoms with Crippen molar-refractivity contribution in [2.75, 3.05) is 0 Å². The van der Waals surface area contributed by atoms with Gasteiger partial charge in [-0.05, 0) is 30.0 Å². The van der Waals surface area contributed by atoms with Crippen molar-refractivity contribution in [3.05, 3.63) is 71.5 Å². The van der Waals surface area contributed by atoms with Crippen molar-refractivity contribution >= 4 is 0 Å². The summed E-state index contributed by atoms with van der Waals surface area (Å²) >= 11 is 0. The van der Waals surface area contributed by atoms with Gasteiger partial charge in [-0.2, -0.15) is 0 Å². The van der Waals surface area contributed by atoms with E-state index in [9.17, 15) is 9.50 Å². The second-order valence-corrected chi connectivity index (χ2v) is 4.06. The van der Waals surface area contributed by atoms with Crippen molar-refractivity contribution < 1.29 is 9.50 Å². The van der Waals surface area contributed by atoms with Crippen molar-refractivity contribution in [1.29, 1.82) is 0 Å². The largest absolute Gasteiger partial charge is 0.388 e. The normalized spacial score (nSPS) is 12.4. The van der Waals surface area contributed by atoms with Gasteiger partial charge in [0.15, 0.2) is 0 Å². The fourth-order valence-electron chi connectivity index (χ4n) is 1.84. The fourth-order valence-corrected chi connectivity index (χ4v) is 1.84. The van der Waals surface area contributed by atoms with Crippen molar-refractivity contribution in [2.24, 2.45) is 0 Å². The monoisotopic (exact) mass is 230 g/mol. The van der Waals surface area contributed by atoms with Crippen LogP contribution in [0.2, 0.25) is 0 Å². The predicted octanol–water partition coefficient (Wildman–Crippen LogP) is 3.49. The first-order chi connectivity index (χ1) is 8.27. The highest BCUT2D eigenvalue weighted by molar-refractivity contribution is 5.20. The van der Waals surface area contributed by atoms with Gasteiger partial charge in [0.2, 0.25) is 0 Å². The van der Waals surface area contributed by atoms with E-state index in [2.05, 4.69) is 0 Å². The highest BCUT2D eigenvalue weighted by Crippen LogP contribution is 2.19. The Labute approximate surface area is 101 Å². The van der Waals surface area contributed by atoms with E-state index in [1.54, 1.807) is 12.1 Å². The van der Waals surface area contributed by atoms with Crippen LogP contribution in [-0.2, 0) is 6.42 Å². The molecule has 0 aromatic heterocycles. The molecule has 0 aliphatic rings. The summed E-state index contributed by atoms with van der Waals surface area (Å²) in [4.78, 5) is 0. The summed E-state index contributed by atoms with van der Waals surface area (Å²) in [7, 11) is 0. The Morgan fingerprint density at radius 2 is 1.59 bits per heavy atom. The van der Waals surface area contributed by atoms with E-state index in [0.717, 1.165) is 5.56 Å². The number of hydrogen-bond acceptors (Lipinski definition) is 1. The first kappa shape index (κ1) is 11.8. The SMILES string of the molecule is OC(CCc1ccccc1F)c1ccccc1. The van der Waals surface area contributed by atoms with E-state index >= 15 is 0 Å². The summed E-state index contributed by atoms with van der Waals surface area (Å²) < 4.78 is 13.4. The second kappa shape index (κ2) is 5.60. The molecule has 0 heterocycles. The molecule has 88 valence electrons. The van der Waals surface area contributed by atoms with Gasteiger partial charge < -0.3 is 5.11 Å². The van der Waals surface area contributed by atoms with Gasteiger partial charge in [0.25, 0.3) is 0 Å². The second-order valence-electron chi connectivity index (χ2n) is 4.06. The molecule has 0 radical (unpaired) electrons. The third kappa shape index (κ3) is 3.14. The van der Waals surface area contributed by atoms with Crippen LogP contribution in [0.4, 0.5) is 4.39 Å². The number of benzene rings is 2. The van der Waals surface area contributed by atoms with Crippen LogP contribution in [-0.4, -0.2) is 5.11 Å². The van der Waals surface area contributed by atoms with E-state index in [-0.39, 0.29) is 5.82 Å². The highest BCUT2D eigenvalue weighted by atomic mass is 19.1. The summed E-state index contributed by atoms with van der Waals surface area (Å²) in [6, 6.07) is 16.1. The van der Waals surface area contributed by atoms with Crippen LogP contribution in [0.5, 0.6) is 0 Å². The lowest BCUT2D eigenvalue weighted by atomic mass is 10.0. The molecule has 2 rings (SSSR count). The van der Waals surface area contributed by atoms with E-state index in [1.807, 2.05) is 36.4 Å². The molecular weight excluding hydrogens is 215 g/mol. The van der Waals surface area contributed by atoms with Crippen LogP contribution < -0.4 is 0 Å². The minimum absolute atomic E-state index is 0.201. The topological polar surface area (TPSA) is 20.2 Å². The fraction of sp³-hybridized carbons (Fsp3) is 0.200. The van der Waals surface area contributed by atoms with E-state index in [0.29, 0.717) is 18.4 Å². The molecule has 2 aromatic carbocycles. The molecule has 0 amide bonds. The van der Waals surface area contributed by atoms with Gasteiger partial charge in [-0.15, -0.1) is 0 Å². The Morgan fingerprint density at radius 1 is 0.941 bits per heavy atom. The Balaban J connectivity index is 1.97. The summed E-state index contributed by atoms with van der Waals surface area (Å²) in [6.45, 7) is 0. The molecule has 1 atom stereocenters. The van der Waals surface area contributed by atoms with Crippen LogP contribution >= 0.6 is 0 Å². The van der Waals surface area contributed by atoms with Gasteiger partial charge in [0, 0.05) is 0 Å². The van der Waals surface area contributed by atoms with Crippen LogP contribution in [0.3, 0.4) is 0 Å². The van der Waals surface area contributed by atoms with Crippen LogP contribution in [0.1, 0.15) is 23.7 Å². The summed E-state index contributed by atoms with van der Waals surface area (Å²) in [5.41, 5.74) is 1.53. The zero-order chi connectivity index (χ0) is 12.1. The van der Waals surface area contributed by atoms with Gasteiger partial charge in [-0.25, -0.2) is 4.39 Å². The molecule has 2 heteroatoms. The molecule has 0 aliphatic carbocycles. The summed E-state index contributed by atoms with van der Waals surface area (Å²) in [5, 5.41) is 9.95. The van der Waals surface area contributed by atoms with Gasteiger partial charge in [-0.1, -0.05) is 48.5 Å². The van der Waals surface area contributed by atoms with Crippen molar-refractivity contribution in [1.82, 2.24) is 0 Å². The van der Waals surface area contributed by atoms with E-state index in [1.165, 1.54) is 6.07 Å². The smallest absolute Gasteiger partial charge is 0.126 e. The average Bonchev–Trinajstić information content (AvgIpc) is 2.38. The van der Waals surface area contributed by atoms with Crippen molar-refractivity contribution in [3.63, 3.8) is 0 Å². The number of aliphatic hydroxyl groups is 1. The average molecular weight is 230 g/mol.